The Morgan fingerprint density at radius 3 is 2.52 bits per heavy atom. The number of rotatable bonds is 5. The van der Waals surface area contributed by atoms with Crippen LogP contribution in [0.1, 0.15) is 49.7 Å². The number of aryl methyl sites for hydroxylation is 2. The average Bonchev–Trinajstić information content (AvgIpc) is 2.93. The predicted molar refractivity (Wildman–Crippen MR) is 89.9 cm³/mol. The van der Waals surface area contributed by atoms with Crippen LogP contribution in [-0.4, -0.2) is 47.1 Å². The topological polar surface area (TPSA) is 72.3 Å². The molecule has 7 heteroatoms. The Kier molecular flexibility index (Phi) is 5.18. The molecule has 2 rings (SSSR count). The Balaban J connectivity index is 2.20. The van der Waals surface area contributed by atoms with Gasteiger partial charge >= 0.3 is 0 Å². The van der Waals surface area contributed by atoms with E-state index in [0.717, 1.165) is 29.8 Å². The molecule has 0 bridgehead atoms. The van der Waals surface area contributed by atoms with E-state index in [0.29, 0.717) is 6.54 Å². The van der Waals surface area contributed by atoms with Gasteiger partial charge in [0.05, 0.1) is 17.5 Å². The van der Waals surface area contributed by atoms with Crippen molar-refractivity contribution in [1.82, 2.24) is 14.7 Å². The lowest BCUT2D eigenvalue weighted by Crippen LogP contribution is -2.36. The lowest BCUT2D eigenvalue weighted by atomic mass is 10.0. The van der Waals surface area contributed by atoms with Gasteiger partial charge in [-0.05, 0) is 32.6 Å². The molecule has 0 aromatic carbocycles. The summed E-state index contributed by atoms with van der Waals surface area (Å²) in [5, 5.41) is 4.42. The van der Waals surface area contributed by atoms with E-state index in [1.54, 1.807) is 4.90 Å². The maximum atomic E-state index is 12.6. The van der Waals surface area contributed by atoms with Crippen LogP contribution in [0.5, 0.6) is 0 Å². The molecule has 0 radical (unpaired) electrons. The SMILES string of the molecule is Cc1nn(C)c(C)c1C1CCCN1C(=O)CS(=O)(=O)CC(C)C. The highest BCUT2D eigenvalue weighted by molar-refractivity contribution is 7.92. The van der Waals surface area contributed by atoms with Crippen molar-refractivity contribution in [2.75, 3.05) is 18.1 Å². The van der Waals surface area contributed by atoms with Crippen LogP contribution in [0.2, 0.25) is 0 Å². The summed E-state index contributed by atoms with van der Waals surface area (Å²) in [7, 11) is -1.46. The highest BCUT2D eigenvalue weighted by atomic mass is 32.2. The molecule has 1 fully saturated rings. The highest BCUT2D eigenvalue weighted by Crippen LogP contribution is 2.35. The third-order valence-electron chi connectivity index (χ3n) is 4.40. The third kappa shape index (κ3) is 3.94. The Hall–Kier alpha value is -1.37. The lowest BCUT2D eigenvalue weighted by molar-refractivity contribution is -0.129. The first-order chi connectivity index (χ1) is 10.6. The van der Waals surface area contributed by atoms with E-state index in [4.69, 9.17) is 0 Å². The summed E-state index contributed by atoms with van der Waals surface area (Å²) in [5.41, 5.74) is 3.02. The van der Waals surface area contributed by atoms with Gasteiger partial charge in [0.15, 0.2) is 9.84 Å². The van der Waals surface area contributed by atoms with Crippen molar-refractivity contribution >= 4 is 15.7 Å². The molecule has 0 aliphatic carbocycles. The second-order valence-electron chi connectivity index (χ2n) is 6.90. The molecule has 2 heterocycles. The zero-order chi connectivity index (χ0) is 17.4. The van der Waals surface area contributed by atoms with Gasteiger partial charge in [-0.1, -0.05) is 13.8 Å². The van der Waals surface area contributed by atoms with Crippen LogP contribution in [0, 0.1) is 19.8 Å². The molecule has 1 atom stereocenters. The van der Waals surface area contributed by atoms with E-state index in [-0.39, 0.29) is 29.4 Å². The third-order valence-corrected chi connectivity index (χ3v) is 6.26. The van der Waals surface area contributed by atoms with Gasteiger partial charge in [0.1, 0.15) is 5.75 Å². The molecule has 1 aromatic rings. The molecule has 23 heavy (non-hydrogen) atoms. The van der Waals surface area contributed by atoms with Gasteiger partial charge in [-0.15, -0.1) is 0 Å². The van der Waals surface area contributed by atoms with Crippen LogP contribution in [0.4, 0.5) is 0 Å². The summed E-state index contributed by atoms with van der Waals surface area (Å²) in [4.78, 5) is 14.3. The maximum Gasteiger partial charge on any atom is 0.238 e. The minimum Gasteiger partial charge on any atom is -0.335 e. The van der Waals surface area contributed by atoms with Crippen LogP contribution in [0.25, 0.3) is 0 Å². The van der Waals surface area contributed by atoms with E-state index < -0.39 is 9.84 Å². The molecule has 1 aromatic heterocycles. The number of carbonyl (C=O) groups excluding carboxylic acids is 1. The predicted octanol–water partition coefficient (Wildman–Crippen LogP) is 1.77. The summed E-state index contributed by atoms with van der Waals surface area (Å²) >= 11 is 0. The van der Waals surface area contributed by atoms with Crippen LogP contribution >= 0.6 is 0 Å². The fourth-order valence-corrected chi connectivity index (χ4v) is 5.15. The summed E-state index contributed by atoms with van der Waals surface area (Å²) in [6, 6.07) is -0.0505. The van der Waals surface area contributed by atoms with E-state index in [2.05, 4.69) is 5.10 Å². The first kappa shape index (κ1) is 18.0. The summed E-state index contributed by atoms with van der Waals surface area (Å²) in [5.74, 6) is -0.580. The molecule has 1 amide bonds. The number of carbonyl (C=O) groups is 1. The van der Waals surface area contributed by atoms with Gasteiger partial charge in [-0.3, -0.25) is 9.48 Å². The van der Waals surface area contributed by atoms with Crippen LogP contribution in [0.15, 0.2) is 0 Å². The van der Waals surface area contributed by atoms with E-state index in [1.807, 2.05) is 39.4 Å². The zero-order valence-electron chi connectivity index (χ0n) is 14.7. The first-order valence-electron chi connectivity index (χ1n) is 8.12. The molecule has 6 nitrogen and oxygen atoms in total. The van der Waals surface area contributed by atoms with Crippen LogP contribution in [0.3, 0.4) is 0 Å². The molecule has 1 unspecified atom stereocenters. The Bertz CT molecular complexity index is 692. The molecule has 130 valence electrons. The molecular formula is C16H27N3O3S. The van der Waals surface area contributed by atoms with Crippen LogP contribution in [-0.2, 0) is 21.7 Å². The van der Waals surface area contributed by atoms with Gasteiger partial charge in [0.25, 0.3) is 0 Å². The number of likely N-dealkylation sites (tertiary alicyclic amines) is 1. The smallest absolute Gasteiger partial charge is 0.238 e. The van der Waals surface area contributed by atoms with E-state index in [1.165, 1.54) is 0 Å². The van der Waals surface area contributed by atoms with Crippen molar-refractivity contribution in [2.24, 2.45) is 13.0 Å². The summed E-state index contributed by atoms with van der Waals surface area (Å²) < 4.78 is 26.1. The monoisotopic (exact) mass is 341 g/mol. The Morgan fingerprint density at radius 1 is 1.35 bits per heavy atom. The van der Waals surface area contributed by atoms with Gasteiger partial charge < -0.3 is 4.90 Å². The van der Waals surface area contributed by atoms with Crippen molar-refractivity contribution in [1.29, 1.82) is 0 Å². The van der Waals surface area contributed by atoms with Gasteiger partial charge in [0, 0.05) is 24.8 Å². The van der Waals surface area contributed by atoms with Crippen molar-refractivity contribution < 1.29 is 13.2 Å². The molecule has 1 aliphatic rings. The molecule has 0 N–H and O–H groups in total. The minimum absolute atomic E-state index is 0.0324. The van der Waals surface area contributed by atoms with Crippen molar-refractivity contribution in [3.8, 4) is 0 Å². The van der Waals surface area contributed by atoms with Crippen molar-refractivity contribution in [3.63, 3.8) is 0 Å². The van der Waals surface area contributed by atoms with E-state index >= 15 is 0 Å². The first-order valence-corrected chi connectivity index (χ1v) is 9.94. The molecule has 1 aliphatic heterocycles. The largest absolute Gasteiger partial charge is 0.335 e. The van der Waals surface area contributed by atoms with Crippen LogP contribution < -0.4 is 0 Å². The quantitative estimate of drug-likeness (QED) is 0.818. The lowest BCUT2D eigenvalue weighted by Gasteiger charge is -2.25. The minimum atomic E-state index is -3.35. The fraction of sp³-hybridized carbons (Fsp3) is 0.750. The highest BCUT2D eigenvalue weighted by Gasteiger charge is 2.35. The number of hydrogen-bond donors (Lipinski definition) is 0. The fourth-order valence-electron chi connectivity index (χ4n) is 3.48. The number of aromatic nitrogens is 2. The second kappa shape index (κ2) is 6.63. The Labute approximate surface area is 138 Å². The molecule has 0 spiro atoms. The van der Waals surface area contributed by atoms with Gasteiger partial charge in [-0.2, -0.15) is 5.10 Å². The summed E-state index contributed by atoms with van der Waals surface area (Å²) in [6.45, 7) is 8.26. The Morgan fingerprint density at radius 2 is 2.00 bits per heavy atom. The van der Waals surface area contributed by atoms with E-state index in [9.17, 15) is 13.2 Å². The molecule has 1 saturated heterocycles. The number of nitrogens with zero attached hydrogens (tertiary/aromatic N) is 3. The maximum absolute atomic E-state index is 12.6. The van der Waals surface area contributed by atoms with Crippen molar-refractivity contribution in [2.45, 2.75) is 46.6 Å². The zero-order valence-corrected chi connectivity index (χ0v) is 15.5. The van der Waals surface area contributed by atoms with Gasteiger partial charge in [-0.25, -0.2) is 8.42 Å². The number of amides is 1. The standard InChI is InChI=1S/C16H27N3O3S/c1-11(2)9-23(21,22)10-15(20)19-8-6-7-14(19)16-12(3)17-18(5)13(16)4/h11,14H,6-10H2,1-5H3. The summed E-state index contributed by atoms with van der Waals surface area (Å²) in [6.07, 6.45) is 1.76. The molecular weight excluding hydrogens is 314 g/mol. The van der Waals surface area contributed by atoms with Gasteiger partial charge in [0.2, 0.25) is 5.91 Å². The van der Waals surface area contributed by atoms with Crippen molar-refractivity contribution in [3.05, 3.63) is 17.0 Å². The average molecular weight is 341 g/mol. The normalized spacial score (nSPS) is 18.9. The second-order valence-corrected chi connectivity index (χ2v) is 9.01. The number of sulfone groups is 1. The molecule has 0 saturated carbocycles. The number of hydrogen-bond acceptors (Lipinski definition) is 4.